The number of aromatic amines is 1. The molecule has 3 heterocycles. The van der Waals surface area contributed by atoms with Crippen LogP contribution < -0.4 is 5.32 Å². The largest absolute Gasteiger partial charge is 0.379 e. The summed E-state index contributed by atoms with van der Waals surface area (Å²) in [4.78, 5) is 19.7. The summed E-state index contributed by atoms with van der Waals surface area (Å²) < 4.78 is 37.6. The molecule has 284 valence electrons. The summed E-state index contributed by atoms with van der Waals surface area (Å²) in [6.45, 7) is 3.69. The van der Waals surface area contributed by atoms with Crippen molar-refractivity contribution >= 4 is 32.7 Å². The van der Waals surface area contributed by atoms with E-state index in [0.717, 1.165) is 52.0 Å². The average Bonchev–Trinajstić information content (AvgIpc) is 3.91. The van der Waals surface area contributed by atoms with E-state index in [1.54, 1.807) is 12.1 Å². The number of benzene rings is 5. The number of morpholine rings is 1. The fourth-order valence-electron chi connectivity index (χ4n) is 7.30. The van der Waals surface area contributed by atoms with Gasteiger partial charge in [-0.15, -0.1) is 10.2 Å². The number of aromatic nitrogens is 6. The maximum Gasteiger partial charge on any atom is 0.243 e. The summed E-state index contributed by atoms with van der Waals surface area (Å²) in [5.41, 5.74) is 6.99. The molecule has 7 aromatic rings. The number of sulfonamides is 1. The van der Waals surface area contributed by atoms with Crippen molar-refractivity contribution in [1.29, 1.82) is 0 Å². The first-order chi connectivity index (χ1) is 27.4. The Hall–Kier alpha value is -6.02. The Bertz CT molecular complexity index is 2500. The third-order valence-corrected chi connectivity index (χ3v) is 12.0. The molecule has 0 saturated carbocycles. The van der Waals surface area contributed by atoms with Gasteiger partial charge in [-0.25, -0.2) is 13.4 Å². The van der Waals surface area contributed by atoms with Gasteiger partial charge in [-0.2, -0.15) is 9.52 Å². The second kappa shape index (κ2) is 16.4. The molecule has 1 saturated heterocycles. The summed E-state index contributed by atoms with van der Waals surface area (Å²) in [7, 11) is -3.95. The first-order valence-electron chi connectivity index (χ1n) is 18.8. The molecule has 0 radical (unpaired) electrons. The molecule has 8 rings (SSSR count). The SMILES string of the molecule is CCCCc1nc2c(NC(=O)C(c3ccccc3)c3ccccc3)cc(S(=O)(=O)N3CCOCC3)cc2n1Cc1ccc(-c2ccccc2-c2nn[nH]n2)cc1. The quantitative estimate of drug-likeness (QED) is 0.127. The average molecular weight is 767 g/mol. The number of unbranched alkanes of at least 4 members (excludes halogenated alkanes) is 1. The zero-order chi connectivity index (χ0) is 38.5. The maximum atomic E-state index is 14.5. The number of tetrazole rings is 1. The molecule has 2 N–H and O–H groups in total. The molecular formula is C43H42N8O4S. The van der Waals surface area contributed by atoms with Gasteiger partial charge in [0.1, 0.15) is 11.3 Å². The minimum absolute atomic E-state index is 0.0924. The summed E-state index contributed by atoms with van der Waals surface area (Å²) >= 11 is 0. The van der Waals surface area contributed by atoms with E-state index in [1.807, 2.05) is 84.9 Å². The van der Waals surface area contributed by atoms with E-state index in [0.29, 0.717) is 48.7 Å². The van der Waals surface area contributed by atoms with Crippen LogP contribution >= 0.6 is 0 Å². The predicted molar refractivity (Wildman–Crippen MR) is 215 cm³/mol. The van der Waals surface area contributed by atoms with Crippen LogP contribution in [-0.2, 0) is 32.5 Å². The van der Waals surface area contributed by atoms with Crippen molar-refractivity contribution in [2.75, 3.05) is 31.6 Å². The topological polar surface area (TPSA) is 148 Å². The van der Waals surface area contributed by atoms with Crippen LogP contribution in [0.25, 0.3) is 33.5 Å². The zero-order valence-electron chi connectivity index (χ0n) is 31.0. The van der Waals surface area contributed by atoms with Gasteiger partial charge < -0.3 is 14.6 Å². The Morgan fingerprint density at radius 1 is 0.857 bits per heavy atom. The number of nitrogens with zero attached hydrogens (tertiary/aromatic N) is 6. The van der Waals surface area contributed by atoms with Crippen molar-refractivity contribution in [3.8, 4) is 22.5 Å². The molecule has 0 spiro atoms. The second-order valence-corrected chi connectivity index (χ2v) is 15.7. The van der Waals surface area contributed by atoms with Crippen molar-refractivity contribution in [3.05, 3.63) is 144 Å². The normalized spacial score (nSPS) is 13.7. The Labute approximate surface area is 325 Å². The van der Waals surface area contributed by atoms with Crippen LogP contribution in [-0.4, -0.2) is 75.1 Å². The van der Waals surface area contributed by atoms with Crippen LogP contribution in [0.15, 0.2) is 126 Å². The Kier molecular flexibility index (Phi) is 10.8. The molecule has 2 aromatic heterocycles. The number of hydrogen-bond acceptors (Lipinski definition) is 8. The molecule has 5 aromatic carbocycles. The number of carbonyl (C=O) groups excluding carboxylic acids is 1. The highest BCUT2D eigenvalue weighted by Crippen LogP contribution is 2.35. The molecule has 1 aliphatic heterocycles. The third-order valence-electron chi connectivity index (χ3n) is 10.2. The molecule has 1 amide bonds. The molecular weight excluding hydrogens is 725 g/mol. The van der Waals surface area contributed by atoms with Gasteiger partial charge in [0.2, 0.25) is 21.8 Å². The molecule has 0 atom stereocenters. The van der Waals surface area contributed by atoms with Crippen LogP contribution in [0.4, 0.5) is 5.69 Å². The highest BCUT2D eigenvalue weighted by molar-refractivity contribution is 7.89. The van der Waals surface area contributed by atoms with Crippen molar-refractivity contribution in [2.45, 2.75) is 43.5 Å². The fourth-order valence-corrected chi connectivity index (χ4v) is 8.75. The Morgan fingerprint density at radius 2 is 1.52 bits per heavy atom. The highest BCUT2D eigenvalue weighted by atomic mass is 32.2. The van der Waals surface area contributed by atoms with Crippen LogP contribution in [0.3, 0.4) is 0 Å². The summed E-state index contributed by atoms with van der Waals surface area (Å²) in [6, 6.07) is 38.6. The standard InChI is InChI=1S/C43H42N8O4S/c1-2-3-18-39-45-41-37(44-43(52)40(32-12-6-4-7-13-32)33-14-8-5-9-15-33)27-34(56(53,54)50-23-25-55-26-24-50)28-38(41)51(39)29-30-19-21-31(22-20-30)35-16-10-11-17-36(35)42-46-48-49-47-42/h4-17,19-22,27-28,40H,2-3,18,23-26,29H2,1H3,(H,44,52)(H,46,47,48,49). The van der Waals surface area contributed by atoms with Gasteiger partial charge in [-0.3, -0.25) is 4.79 Å². The van der Waals surface area contributed by atoms with Crippen LogP contribution in [0.5, 0.6) is 0 Å². The number of carbonyl (C=O) groups is 1. The van der Waals surface area contributed by atoms with E-state index < -0.39 is 15.9 Å². The van der Waals surface area contributed by atoms with Crippen molar-refractivity contribution in [3.63, 3.8) is 0 Å². The third kappa shape index (κ3) is 7.61. The lowest BCUT2D eigenvalue weighted by Gasteiger charge is -2.26. The summed E-state index contributed by atoms with van der Waals surface area (Å²) in [5, 5.41) is 17.8. The maximum absolute atomic E-state index is 14.5. The van der Waals surface area contributed by atoms with E-state index in [9.17, 15) is 13.2 Å². The van der Waals surface area contributed by atoms with Crippen molar-refractivity contribution in [2.24, 2.45) is 0 Å². The number of nitrogens with one attached hydrogen (secondary N) is 2. The smallest absolute Gasteiger partial charge is 0.243 e. The summed E-state index contributed by atoms with van der Waals surface area (Å²) in [6.07, 6.45) is 2.52. The van der Waals surface area contributed by atoms with Crippen LogP contribution in [0, 0.1) is 0 Å². The van der Waals surface area contributed by atoms with E-state index in [-0.39, 0.29) is 23.9 Å². The van der Waals surface area contributed by atoms with Gasteiger partial charge >= 0.3 is 0 Å². The molecule has 12 nitrogen and oxygen atoms in total. The number of ether oxygens (including phenoxy) is 1. The van der Waals surface area contributed by atoms with Gasteiger partial charge in [0.05, 0.1) is 35.2 Å². The molecule has 1 fully saturated rings. The number of hydrogen-bond donors (Lipinski definition) is 2. The van der Waals surface area contributed by atoms with E-state index in [2.05, 4.69) is 61.7 Å². The van der Waals surface area contributed by atoms with E-state index in [1.165, 1.54) is 4.31 Å². The Morgan fingerprint density at radius 3 is 2.16 bits per heavy atom. The second-order valence-electron chi connectivity index (χ2n) is 13.8. The van der Waals surface area contributed by atoms with E-state index in [4.69, 9.17) is 9.72 Å². The van der Waals surface area contributed by atoms with Crippen molar-refractivity contribution < 1.29 is 17.9 Å². The van der Waals surface area contributed by atoms with Gasteiger partial charge in [0, 0.05) is 31.6 Å². The first kappa shape index (κ1) is 36.9. The number of H-pyrrole nitrogens is 1. The highest BCUT2D eigenvalue weighted by Gasteiger charge is 2.30. The summed E-state index contributed by atoms with van der Waals surface area (Å²) in [5.74, 6) is 0.399. The number of anilines is 1. The molecule has 13 heteroatoms. The monoisotopic (exact) mass is 766 g/mol. The van der Waals surface area contributed by atoms with Gasteiger partial charge in [0.15, 0.2) is 0 Å². The van der Waals surface area contributed by atoms with Gasteiger partial charge in [-0.1, -0.05) is 123 Å². The minimum Gasteiger partial charge on any atom is -0.379 e. The zero-order valence-corrected chi connectivity index (χ0v) is 31.8. The van der Waals surface area contributed by atoms with Crippen LogP contribution in [0.2, 0.25) is 0 Å². The number of amides is 1. The molecule has 0 aliphatic carbocycles. The van der Waals surface area contributed by atoms with Gasteiger partial charge in [-0.05, 0) is 51.6 Å². The van der Waals surface area contributed by atoms with Gasteiger partial charge in [0.25, 0.3) is 0 Å². The molecule has 0 bridgehead atoms. The predicted octanol–water partition coefficient (Wildman–Crippen LogP) is 7.07. The lowest BCUT2D eigenvalue weighted by molar-refractivity contribution is -0.116. The van der Waals surface area contributed by atoms with Crippen molar-refractivity contribution in [1.82, 2.24) is 34.5 Å². The number of rotatable bonds is 13. The first-order valence-corrected chi connectivity index (χ1v) is 20.3. The minimum atomic E-state index is -3.95. The number of imidazole rings is 1. The fraction of sp³-hybridized carbons (Fsp3) is 0.233. The Balaban J connectivity index is 1.22. The molecule has 56 heavy (non-hydrogen) atoms. The molecule has 0 unspecified atom stereocenters. The van der Waals surface area contributed by atoms with Crippen LogP contribution in [0.1, 0.15) is 48.2 Å². The lowest BCUT2D eigenvalue weighted by Crippen LogP contribution is -2.40. The molecule has 1 aliphatic rings. The van der Waals surface area contributed by atoms with E-state index >= 15 is 0 Å². The number of fused-ring (bicyclic) bond motifs is 1. The lowest BCUT2D eigenvalue weighted by atomic mass is 9.90. The number of aryl methyl sites for hydroxylation is 1.